The first-order valence-corrected chi connectivity index (χ1v) is 9.49. The van der Waals surface area contributed by atoms with Crippen molar-refractivity contribution in [1.29, 1.82) is 0 Å². The van der Waals surface area contributed by atoms with Crippen LogP contribution < -0.4 is 5.32 Å². The summed E-state index contributed by atoms with van der Waals surface area (Å²) >= 11 is 0. The Bertz CT molecular complexity index is 1190. The van der Waals surface area contributed by atoms with E-state index < -0.39 is 46.0 Å². The van der Waals surface area contributed by atoms with Gasteiger partial charge < -0.3 is 14.5 Å². The molecule has 33 heavy (non-hydrogen) atoms. The number of nitrogens with one attached hydrogen (secondary N) is 1. The smallest absolute Gasteiger partial charge is 0.307 e. The van der Waals surface area contributed by atoms with Crippen LogP contribution in [0.5, 0.6) is 0 Å². The van der Waals surface area contributed by atoms with Gasteiger partial charge in [-0.1, -0.05) is 6.07 Å². The molecule has 9 nitrogen and oxygen atoms in total. The minimum atomic E-state index is -1.27. The number of amides is 1. The van der Waals surface area contributed by atoms with E-state index in [2.05, 4.69) is 10.3 Å². The third-order valence-corrected chi connectivity index (χ3v) is 4.39. The van der Waals surface area contributed by atoms with Crippen molar-refractivity contribution < 1.29 is 36.8 Å². The molecule has 0 aliphatic carbocycles. The molecule has 0 radical (unpaired) electrons. The van der Waals surface area contributed by atoms with E-state index in [4.69, 9.17) is 9.15 Å². The van der Waals surface area contributed by atoms with Crippen LogP contribution in [0.3, 0.4) is 0 Å². The molecule has 3 aromatic rings. The van der Waals surface area contributed by atoms with Crippen molar-refractivity contribution in [2.45, 2.75) is 25.9 Å². The van der Waals surface area contributed by atoms with Crippen molar-refractivity contribution in [3.63, 3.8) is 0 Å². The fourth-order valence-corrected chi connectivity index (χ4v) is 2.77. The van der Waals surface area contributed by atoms with Crippen LogP contribution in [0.4, 0.5) is 24.5 Å². The number of aromatic nitrogens is 1. The summed E-state index contributed by atoms with van der Waals surface area (Å²) in [5.41, 5.74) is -1.26. The monoisotopic (exact) mass is 463 g/mol. The number of nitro groups is 1. The normalized spacial score (nSPS) is 11.6. The summed E-state index contributed by atoms with van der Waals surface area (Å²) in [4.78, 5) is 37.9. The Morgan fingerprint density at radius 1 is 1.18 bits per heavy atom. The topological polar surface area (TPSA) is 125 Å². The van der Waals surface area contributed by atoms with Crippen molar-refractivity contribution in [3.05, 3.63) is 76.1 Å². The number of anilines is 1. The highest BCUT2D eigenvalue weighted by Gasteiger charge is 2.21. The van der Waals surface area contributed by atoms with Gasteiger partial charge in [-0.05, 0) is 31.2 Å². The van der Waals surface area contributed by atoms with Crippen LogP contribution in [0.1, 0.15) is 19.2 Å². The third-order valence-electron chi connectivity index (χ3n) is 4.39. The van der Waals surface area contributed by atoms with Gasteiger partial charge in [0, 0.05) is 18.2 Å². The van der Waals surface area contributed by atoms with E-state index in [9.17, 15) is 32.9 Å². The molecule has 0 fully saturated rings. The highest BCUT2D eigenvalue weighted by Crippen LogP contribution is 2.27. The first-order valence-electron chi connectivity index (χ1n) is 9.49. The van der Waals surface area contributed by atoms with Gasteiger partial charge in [0.2, 0.25) is 5.82 Å². The van der Waals surface area contributed by atoms with Crippen LogP contribution in [0.25, 0.3) is 11.3 Å². The fourth-order valence-electron chi connectivity index (χ4n) is 2.77. The molecular formula is C21H16F3N3O6. The Morgan fingerprint density at radius 2 is 1.88 bits per heavy atom. The molecule has 0 bridgehead atoms. The second-order valence-electron chi connectivity index (χ2n) is 6.76. The predicted octanol–water partition coefficient (Wildman–Crippen LogP) is 4.17. The fraction of sp³-hybridized carbons (Fsp3) is 0.190. The van der Waals surface area contributed by atoms with Gasteiger partial charge in [-0.25, -0.2) is 13.8 Å². The summed E-state index contributed by atoms with van der Waals surface area (Å²) < 4.78 is 51.3. The van der Waals surface area contributed by atoms with Gasteiger partial charge in [-0.3, -0.25) is 19.7 Å². The molecule has 0 aliphatic rings. The summed E-state index contributed by atoms with van der Waals surface area (Å²) in [5, 5.41) is 13.1. The molecule has 1 heterocycles. The standard InChI is InChI=1S/C21H16F3N3O6/c1-11(21(29)26-12-5-6-13(22)16(9-12)27(30)31)32-19(28)8-7-18-25-10-17(33-18)20-14(23)3-2-4-15(20)24/h2-6,9-11H,7-8H2,1H3,(H,26,29). The zero-order chi connectivity index (χ0) is 24.1. The predicted molar refractivity (Wildman–Crippen MR) is 107 cm³/mol. The first kappa shape index (κ1) is 23.4. The van der Waals surface area contributed by atoms with E-state index in [1.54, 1.807) is 0 Å². The SMILES string of the molecule is CC(OC(=O)CCc1ncc(-c2c(F)cccc2F)o1)C(=O)Nc1ccc(F)c([N+](=O)[O-])c1. The largest absolute Gasteiger partial charge is 0.453 e. The quantitative estimate of drug-likeness (QED) is 0.302. The Labute approximate surface area is 184 Å². The molecular weight excluding hydrogens is 447 g/mol. The molecule has 0 saturated heterocycles. The molecule has 1 aromatic heterocycles. The number of rotatable bonds is 8. The molecule has 1 N–H and O–H groups in total. The van der Waals surface area contributed by atoms with E-state index in [0.717, 1.165) is 36.5 Å². The minimum Gasteiger partial charge on any atom is -0.453 e. The van der Waals surface area contributed by atoms with Crippen molar-refractivity contribution in [2.75, 3.05) is 5.32 Å². The van der Waals surface area contributed by atoms with Crippen molar-refractivity contribution in [3.8, 4) is 11.3 Å². The van der Waals surface area contributed by atoms with Crippen LogP contribution >= 0.6 is 0 Å². The number of hydrogen-bond donors (Lipinski definition) is 1. The Balaban J connectivity index is 1.54. The molecule has 172 valence electrons. The highest BCUT2D eigenvalue weighted by atomic mass is 19.1. The zero-order valence-corrected chi connectivity index (χ0v) is 17.0. The maximum atomic E-state index is 13.8. The van der Waals surface area contributed by atoms with Gasteiger partial charge in [0.1, 0.15) is 11.6 Å². The summed E-state index contributed by atoms with van der Waals surface area (Å²) in [6.07, 6.45) is -0.457. The van der Waals surface area contributed by atoms with Crippen LogP contribution in [-0.2, 0) is 20.7 Å². The summed E-state index contributed by atoms with van der Waals surface area (Å²) in [6, 6.07) is 6.11. The minimum absolute atomic E-state index is 0.0281. The molecule has 2 aromatic carbocycles. The van der Waals surface area contributed by atoms with E-state index >= 15 is 0 Å². The van der Waals surface area contributed by atoms with Crippen molar-refractivity contribution in [1.82, 2.24) is 4.98 Å². The van der Waals surface area contributed by atoms with E-state index in [1.165, 1.54) is 13.0 Å². The average molecular weight is 463 g/mol. The van der Waals surface area contributed by atoms with E-state index in [-0.39, 0.29) is 35.7 Å². The van der Waals surface area contributed by atoms with Crippen molar-refractivity contribution >= 4 is 23.3 Å². The lowest BCUT2D eigenvalue weighted by atomic mass is 10.1. The molecule has 3 rings (SSSR count). The van der Waals surface area contributed by atoms with Gasteiger partial charge in [0.05, 0.1) is 23.1 Å². The van der Waals surface area contributed by atoms with Gasteiger partial charge >= 0.3 is 11.7 Å². The van der Waals surface area contributed by atoms with Crippen LogP contribution in [-0.4, -0.2) is 27.9 Å². The lowest BCUT2D eigenvalue weighted by molar-refractivity contribution is -0.387. The number of oxazole rings is 1. The second kappa shape index (κ2) is 9.94. The number of nitro benzene ring substituents is 1. The highest BCUT2D eigenvalue weighted by molar-refractivity contribution is 5.95. The molecule has 0 aliphatic heterocycles. The number of carbonyl (C=O) groups excluding carboxylic acids is 2. The lowest BCUT2D eigenvalue weighted by Gasteiger charge is -2.13. The van der Waals surface area contributed by atoms with Gasteiger partial charge in [-0.15, -0.1) is 0 Å². The molecule has 1 atom stereocenters. The average Bonchev–Trinajstić information content (AvgIpc) is 3.21. The number of esters is 1. The maximum absolute atomic E-state index is 13.8. The number of ether oxygens (including phenoxy) is 1. The lowest BCUT2D eigenvalue weighted by Crippen LogP contribution is -2.30. The number of benzene rings is 2. The second-order valence-corrected chi connectivity index (χ2v) is 6.76. The van der Waals surface area contributed by atoms with E-state index in [0.29, 0.717) is 0 Å². The van der Waals surface area contributed by atoms with Gasteiger partial charge in [-0.2, -0.15) is 4.39 Å². The summed E-state index contributed by atoms with van der Waals surface area (Å²) in [5.74, 6) is -4.43. The number of carbonyl (C=O) groups is 2. The first-order chi connectivity index (χ1) is 15.7. The molecule has 1 unspecified atom stereocenters. The van der Waals surface area contributed by atoms with Crippen LogP contribution in [0.15, 0.2) is 47.0 Å². The van der Waals surface area contributed by atoms with Crippen molar-refractivity contribution in [2.24, 2.45) is 0 Å². The molecule has 1 amide bonds. The Morgan fingerprint density at radius 3 is 2.55 bits per heavy atom. The number of aryl methyl sites for hydroxylation is 1. The maximum Gasteiger partial charge on any atom is 0.307 e. The third kappa shape index (κ3) is 5.73. The summed E-state index contributed by atoms with van der Waals surface area (Å²) in [7, 11) is 0. The number of nitrogens with zero attached hydrogens (tertiary/aromatic N) is 2. The number of halogens is 3. The molecule has 0 saturated carbocycles. The Hall–Kier alpha value is -4.22. The van der Waals surface area contributed by atoms with Crippen LogP contribution in [0, 0.1) is 27.6 Å². The molecule has 0 spiro atoms. The van der Waals surface area contributed by atoms with Gasteiger partial charge in [0.25, 0.3) is 5.91 Å². The van der Waals surface area contributed by atoms with Crippen LogP contribution in [0.2, 0.25) is 0 Å². The zero-order valence-electron chi connectivity index (χ0n) is 17.0. The van der Waals surface area contributed by atoms with E-state index in [1.807, 2.05) is 0 Å². The summed E-state index contributed by atoms with van der Waals surface area (Å²) in [6.45, 7) is 1.27. The Kier molecular flexibility index (Phi) is 7.06. The number of hydrogen-bond acceptors (Lipinski definition) is 7. The van der Waals surface area contributed by atoms with Gasteiger partial charge in [0.15, 0.2) is 17.8 Å². The molecule has 12 heteroatoms.